The maximum Gasteiger partial charge on any atom is 0.355 e. The van der Waals surface area contributed by atoms with Gasteiger partial charge in [-0.3, -0.25) is 0 Å². The summed E-state index contributed by atoms with van der Waals surface area (Å²) in [4.78, 5) is 15.1. The Labute approximate surface area is 126 Å². The number of benzene rings is 1. The second kappa shape index (κ2) is 5.81. The van der Waals surface area contributed by atoms with E-state index in [4.69, 9.17) is 9.84 Å². The highest BCUT2D eigenvalue weighted by molar-refractivity contribution is 7.10. The van der Waals surface area contributed by atoms with Crippen molar-refractivity contribution >= 4 is 17.3 Å². The van der Waals surface area contributed by atoms with Gasteiger partial charge in [-0.1, -0.05) is 13.8 Å². The van der Waals surface area contributed by atoms with Crippen molar-refractivity contribution in [2.75, 3.05) is 7.11 Å². The van der Waals surface area contributed by atoms with E-state index in [1.165, 1.54) is 36.0 Å². The Bertz CT molecular complexity index is 667. The number of halogens is 1. The van der Waals surface area contributed by atoms with Gasteiger partial charge in [-0.25, -0.2) is 14.2 Å². The van der Waals surface area contributed by atoms with E-state index in [-0.39, 0.29) is 11.5 Å². The van der Waals surface area contributed by atoms with Gasteiger partial charge in [0.25, 0.3) is 0 Å². The van der Waals surface area contributed by atoms with Crippen LogP contribution in [0.5, 0.6) is 5.75 Å². The van der Waals surface area contributed by atoms with Gasteiger partial charge in [0.15, 0.2) is 5.69 Å². The fourth-order valence-electron chi connectivity index (χ4n) is 2.12. The molecule has 0 bridgehead atoms. The van der Waals surface area contributed by atoms with E-state index < -0.39 is 11.4 Å². The molecule has 0 saturated carbocycles. The molecule has 1 aromatic heterocycles. The highest BCUT2D eigenvalue weighted by Gasteiger charge is 2.27. The van der Waals surface area contributed by atoms with E-state index >= 15 is 0 Å². The Morgan fingerprint density at radius 2 is 2.19 bits per heavy atom. The Hall–Kier alpha value is -1.95. The number of thiazole rings is 1. The first-order valence-corrected chi connectivity index (χ1v) is 7.23. The number of aromatic carboxylic acids is 1. The molecular weight excluding hydrogens is 293 g/mol. The molecule has 4 nitrogen and oxygen atoms in total. The Kier molecular flexibility index (Phi) is 4.27. The van der Waals surface area contributed by atoms with E-state index in [0.29, 0.717) is 17.2 Å². The molecule has 0 saturated heterocycles. The molecule has 0 aliphatic rings. The van der Waals surface area contributed by atoms with Gasteiger partial charge >= 0.3 is 5.97 Å². The first-order valence-electron chi connectivity index (χ1n) is 6.35. The quantitative estimate of drug-likeness (QED) is 0.918. The predicted molar refractivity (Wildman–Crippen MR) is 78.8 cm³/mol. The molecule has 0 spiro atoms. The van der Waals surface area contributed by atoms with Crippen LogP contribution in [0.4, 0.5) is 4.39 Å². The standard InChI is InChI=1S/C15H16FNO3S/c1-15(2,14-17-11(8-21-14)13(18)19)7-9-6-10(16)4-5-12(9)20-3/h4-6,8H,7H2,1-3H3,(H,18,19). The molecule has 1 aromatic carbocycles. The largest absolute Gasteiger partial charge is 0.496 e. The second-order valence-electron chi connectivity index (χ2n) is 5.36. The molecule has 21 heavy (non-hydrogen) atoms. The minimum absolute atomic E-state index is 0.0364. The van der Waals surface area contributed by atoms with Crippen molar-refractivity contribution in [1.82, 2.24) is 4.98 Å². The van der Waals surface area contributed by atoms with Gasteiger partial charge in [0.05, 0.1) is 12.1 Å². The van der Waals surface area contributed by atoms with Crippen LogP contribution in [0, 0.1) is 5.82 Å². The zero-order chi connectivity index (χ0) is 15.6. The fourth-order valence-corrected chi connectivity index (χ4v) is 3.04. The van der Waals surface area contributed by atoms with Crippen molar-refractivity contribution in [3.8, 4) is 5.75 Å². The molecule has 2 rings (SSSR count). The second-order valence-corrected chi connectivity index (χ2v) is 6.22. The minimum Gasteiger partial charge on any atom is -0.496 e. The minimum atomic E-state index is -1.04. The molecule has 0 amide bonds. The van der Waals surface area contributed by atoms with Crippen LogP contribution in [-0.4, -0.2) is 23.2 Å². The number of hydrogen-bond acceptors (Lipinski definition) is 4. The lowest BCUT2D eigenvalue weighted by Gasteiger charge is -2.23. The zero-order valence-corrected chi connectivity index (χ0v) is 12.8. The summed E-state index contributed by atoms with van der Waals surface area (Å²) in [7, 11) is 1.54. The summed E-state index contributed by atoms with van der Waals surface area (Å²) in [5.41, 5.74) is 0.350. The van der Waals surface area contributed by atoms with Crippen LogP contribution in [0.1, 0.15) is 34.9 Å². The van der Waals surface area contributed by atoms with Gasteiger partial charge in [-0.15, -0.1) is 11.3 Å². The van der Waals surface area contributed by atoms with Gasteiger partial charge in [0.2, 0.25) is 0 Å². The number of carboxylic acids is 1. The third-order valence-corrected chi connectivity index (χ3v) is 4.39. The van der Waals surface area contributed by atoms with E-state index in [0.717, 1.165) is 5.56 Å². The molecule has 1 N–H and O–H groups in total. The van der Waals surface area contributed by atoms with Crippen LogP contribution in [0.25, 0.3) is 0 Å². The maximum atomic E-state index is 13.4. The third-order valence-electron chi connectivity index (χ3n) is 3.18. The zero-order valence-electron chi connectivity index (χ0n) is 12.0. The number of methoxy groups -OCH3 is 1. The van der Waals surface area contributed by atoms with Crippen molar-refractivity contribution in [3.63, 3.8) is 0 Å². The molecule has 0 atom stereocenters. The van der Waals surface area contributed by atoms with E-state index in [1.54, 1.807) is 6.07 Å². The lowest BCUT2D eigenvalue weighted by molar-refractivity contribution is 0.0691. The highest BCUT2D eigenvalue weighted by atomic mass is 32.1. The predicted octanol–water partition coefficient (Wildman–Crippen LogP) is 3.51. The van der Waals surface area contributed by atoms with Gasteiger partial charge in [-0.2, -0.15) is 0 Å². The monoisotopic (exact) mass is 309 g/mol. The number of carboxylic acid groups (broad SMARTS) is 1. The smallest absolute Gasteiger partial charge is 0.355 e. The number of aromatic nitrogens is 1. The number of carbonyl (C=O) groups is 1. The van der Waals surface area contributed by atoms with E-state index in [9.17, 15) is 9.18 Å². The average Bonchev–Trinajstić information content (AvgIpc) is 2.89. The molecule has 2 aromatic rings. The number of nitrogens with zero attached hydrogens (tertiary/aromatic N) is 1. The van der Waals surface area contributed by atoms with Crippen molar-refractivity contribution in [3.05, 3.63) is 45.7 Å². The number of hydrogen-bond donors (Lipinski definition) is 1. The molecule has 0 aliphatic carbocycles. The molecule has 0 radical (unpaired) electrons. The molecule has 1 heterocycles. The molecule has 112 valence electrons. The van der Waals surface area contributed by atoms with Crippen LogP contribution in [0.3, 0.4) is 0 Å². The van der Waals surface area contributed by atoms with Crippen molar-refractivity contribution in [1.29, 1.82) is 0 Å². The van der Waals surface area contributed by atoms with Crippen LogP contribution >= 0.6 is 11.3 Å². The van der Waals surface area contributed by atoms with Crippen LogP contribution in [-0.2, 0) is 11.8 Å². The van der Waals surface area contributed by atoms with Gasteiger partial charge in [0, 0.05) is 10.8 Å². The van der Waals surface area contributed by atoms with Crippen molar-refractivity contribution < 1.29 is 19.0 Å². The van der Waals surface area contributed by atoms with Crippen molar-refractivity contribution in [2.24, 2.45) is 0 Å². The SMILES string of the molecule is COc1ccc(F)cc1CC(C)(C)c1nc(C(=O)O)cs1. The first-order chi connectivity index (χ1) is 9.83. The van der Waals surface area contributed by atoms with Gasteiger partial charge in [-0.05, 0) is 30.2 Å². The summed E-state index contributed by atoms with van der Waals surface area (Å²) < 4.78 is 18.7. The van der Waals surface area contributed by atoms with Gasteiger partial charge in [0.1, 0.15) is 11.6 Å². The molecule has 0 aliphatic heterocycles. The lowest BCUT2D eigenvalue weighted by Crippen LogP contribution is -2.21. The van der Waals surface area contributed by atoms with E-state index in [2.05, 4.69) is 4.98 Å². The summed E-state index contributed by atoms with van der Waals surface area (Å²) >= 11 is 1.30. The lowest BCUT2D eigenvalue weighted by atomic mass is 9.86. The summed E-state index contributed by atoms with van der Waals surface area (Å²) in [5.74, 6) is -0.761. The maximum absolute atomic E-state index is 13.4. The highest BCUT2D eigenvalue weighted by Crippen LogP contribution is 2.33. The fraction of sp³-hybridized carbons (Fsp3) is 0.333. The van der Waals surface area contributed by atoms with E-state index in [1.807, 2.05) is 13.8 Å². The summed E-state index contributed by atoms with van der Waals surface area (Å²) in [6.45, 7) is 3.89. The number of rotatable bonds is 5. The molecule has 6 heteroatoms. The third kappa shape index (κ3) is 3.39. The summed E-state index contributed by atoms with van der Waals surface area (Å²) in [6, 6.07) is 4.37. The first kappa shape index (κ1) is 15.4. The molecular formula is C15H16FNO3S. The topological polar surface area (TPSA) is 59.4 Å². The van der Waals surface area contributed by atoms with Crippen LogP contribution in [0.2, 0.25) is 0 Å². The Morgan fingerprint density at radius 1 is 1.48 bits per heavy atom. The normalized spacial score (nSPS) is 11.4. The average molecular weight is 309 g/mol. The summed E-state index contributed by atoms with van der Waals surface area (Å²) in [6.07, 6.45) is 0.501. The van der Waals surface area contributed by atoms with Crippen LogP contribution < -0.4 is 4.74 Å². The molecule has 0 unspecified atom stereocenters. The number of ether oxygens (including phenoxy) is 1. The Balaban J connectivity index is 2.31. The van der Waals surface area contributed by atoms with Gasteiger partial charge < -0.3 is 9.84 Å². The summed E-state index contributed by atoms with van der Waals surface area (Å²) in [5, 5.41) is 11.2. The van der Waals surface area contributed by atoms with Crippen LogP contribution in [0.15, 0.2) is 23.6 Å². The Morgan fingerprint density at radius 3 is 2.76 bits per heavy atom. The molecule has 0 fully saturated rings. The van der Waals surface area contributed by atoms with Crippen molar-refractivity contribution in [2.45, 2.75) is 25.7 Å².